The quantitative estimate of drug-likeness (QED) is 0.00516. The summed E-state index contributed by atoms with van der Waals surface area (Å²) in [5.41, 5.74) is 17.5. The molecule has 666 valence electrons. The van der Waals surface area contributed by atoms with E-state index in [-0.39, 0.29) is 45.2 Å². The van der Waals surface area contributed by atoms with Crippen LogP contribution < -0.4 is 81.0 Å². The van der Waals surface area contributed by atoms with Crippen LogP contribution in [-0.2, 0) is 116 Å². The lowest BCUT2D eigenvalue weighted by Crippen LogP contribution is -2.63. The summed E-state index contributed by atoms with van der Waals surface area (Å²) in [7, 11) is -4.48. The lowest BCUT2D eigenvalue weighted by atomic mass is 9.75. The molecule has 2 saturated heterocycles. The molecule has 0 saturated carbocycles. The van der Waals surface area contributed by atoms with Crippen LogP contribution in [0.3, 0.4) is 0 Å². The van der Waals surface area contributed by atoms with Crippen molar-refractivity contribution in [2.45, 2.75) is 211 Å². The second-order valence-electron chi connectivity index (χ2n) is 31.5. The molecule has 2 aliphatic rings. The summed E-state index contributed by atoms with van der Waals surface area (Å²) in [5.74, 6) is -21.8. The molecule has 6 rings (SSSR count). The summed E-state index contributed by atoms with van der Waals surface area (Å²) in [6, 6.07) is 1.12. The van der Waals surface area contributed by atoms with E-state index in [4.69, 9.17) is 27.3 Å². The highest BCUT2D eigenvalue weighted by Gasteiger charge is 2.45. The number of halogens is 1. The van der Waals surface area contributed by atoms with E-state index in [0.717, 1.165) is 25.4 Å². The zero-order chi connectivity index (χ0) is 90.8. The molecule has 15 unspecified atom stereocenters. The molecule has 1 aromatic heterocycles. The molecule has 2 aliphatic heterocycles. The molecule has 3 aromatic carbocycles. The van der Waals surface area contributed by atoms with E-state index in [2.05, 4.69) is 84.7 Å². The molecule has 0 aliphatic carbocycles. The Hall–Kier alpha value is -12.0. The fourth-order valence-electron chi connectivity index (χ4n) is 13.8. The van der Waals surface area contributed by atoms with Crippen molar-refractivity contribution in [2.75, 3.05) is 32.4 Å². The minimum atomic E-state index is -5.44. The number of rotatable bonds is 37. The van der Waals surface area contributed by atoms with Crippen LogP contribution >= 0.6 is 15.9 Å². The fourth-order valence-corrected chi connectivity index (χ4v) is 14.7. The van der Waals surface area contributed by atoms with Gasteiger partial charge in [0.15, 0.2) is 11.7 Å². The number of aromatic nitrogens is 1. The van der Waals surface area contributed by atoms with E-state index in [1.165, 1.54) is 11.8 Å². The topological polar surface area (TPSA) is 643 Å². The van der Waals surface area contributed by atoms with Crippen molar-refractivity contribution in [3.05, 3.63) is 106 Å². The molecule has 15 atom stereocenters. The number of likely N-dealkylation sites (N-methyl/N-ethyl adjacent to an activating group) is 1. The second-order valence-corrected chi connectivity index (χ2v) is 33.9. The van der Waals surface area contributed by atoms with Gasteiger partial charge in [0.1, 0.15) is 84.9 Å². The normalized spacial score (nSPS) is 20.4. The number of carbonyl (C=O) groups is 17. The number of esters is 1. The molecule has 15 amide bonds. The number of cyclic esters (lactones) is 1. The molecular formula is C79H110BrN19O22S. The van der Waals surface area contributed by atoms with Gasteiger partial charge in [0, 0.05) is 79.7 Å². The van der Waals surface area contributed by atoms with Crippen LogP contribution in [0.1, 0.15) is 123 Å². The van der Waals surface area contributed by atoms with Crippen LogP contribution in [0.2, 0.25) is 0 Å². The number of hydrogen-bond acceptors (Lipinski definition) is 22. The minimum absolute atomic E-state index is 0.00397. The van der Waals surface area contributed by atoms with Gasteiger partial charge in [0.2, 0.25) is 89.1 Å². The zero-order valence-corrected chi connectivity index (χ0v) is 71.4. The smallest absolute Gasteiger partial charge is 0.325 e. The maximum atomic E-state index is 15.4. The Morgan fingerprint density at radius 3 is 1.97 bits per heavy atom. The number of Topliss-reactive ketones (excluding diaryl/α,β-unsaturated/α-hetero) is 1. The summed E-state index contributed by atoms with van der Waals surface area (Å²) < 4.78 is 42.9. The van der Waals surface area contributed by atoms with E-state index < -0.39 is 257 Å². The molecule has 3 heterocycles. The molecule has 0 spiro atoms. The number of primary amides is 2. The number of benzene rings is 3. The number of carbonyl (C=O) groups excluding carboxylic acids is 17. The largest absolute Gasteiger partial charge is 0.459 e. The van der Waals surface area contributed by atoms with Crippen molar-refractivity contribution >= 4 is 144 Å². The number of nitrogens with zero attached hydrogens (tertiary/aromatic N) is 2. The van der Waals surface area contributed by atoms with Gasteiger partial charge >= 0.3 is 5.97 Å². The number of fused-ring (bicyclic) bond motifs is 1. The van der Waals surface area contributed by atoms with Crippen LogP contribution in [0, 0.1) is 22.7 Å². The Bertz CT molecular complexity index is 4610. The van der Waals surface area contributed by atoms with Gasteiger partial charge in [-0.25, -0.2) is 0 Å². The van der Waals surface area contributed by atoms with Gasteiger partial charge in [0.05, 0.1) is 18.6 Å². The number of nitrogens with two attached hydrogens (primary N) is 3. The van der Waals surface area contributed by atoms with E-state index in [0.29, 0.717) is 45.3 Å². The SMILES string of the molecule is CC(NC=O)C(=O)NC(Cc1ccc(Br)cc1)C(=O)N1CCCC1C(=O)NC(C(=O)CC(C(=O)NC(Cc1c[nH]c2ccccc12)C(=O)NC(CCCNC(=N)N)C(=O)NC(CS(=O)(=O)O)C(=O)NC1C(=O)N(C)C(CCC(N)=O)C(=O)NC(Cc2ccccc2)C(=O)NC(C(C)O)C(=O)NC(CC(N)=O)C(=O)NCC(=O)OC1C)C(C)(C)C)C(C)C. The average molecular weight is 1790 g/mol. The zero-order valence-electron chi connectivity index (χ0n) is 69.0. The molecule has 22 N–H and O–H groups in total. The number of aliphatic hydroxyl groups is 1. The number of guanidine groups is 1. The average Bonchev–Trinajstić information content (AvgIpc) is 1.54. The van der Waals surface area contributed by atoms with Gasteiger partial charge in [-0.2, -0.15) is 8.42 Å². The van der Waals surface area contributed by atoms with Crippen LogP contribution in [0.5, 0.6) is 0 Å². The van der Waals surface area contributed by atoms with Crippen LogP contribution in [0.25, 0.3) is 10.9 Å². The maximum absolute atomic E-state index is 15.4. The lowest BCUT2D eigenvalue weighted by molar-refractivity contribution is -0.155. The Kier molecular flexibility index (Phi) is 36.9. The third kappa shape index (κ3) is 30.0. The van der Waals surface area contributed by atoms with Gasteiger partial charge in [-0.15, -0.1) is 0 Å². The monoisotopic (exact) mass is 1790 g/mol. The first kappa shape index (κ1) is 98.8. The first-order valence-electron chi connectivity index (χ1n) is 39.4. The molecule has 0 bridgehead atoms. The van der Waals surface area contributed by atoms with Crippen molar-refractivity contribution < 1.29 is 104 Å². The number of H-pyrrole nitrogens is 1. The van der Waals surface area contributed by atoms with Gasteiger partial charge in [-0.05, 0) is 99.1 Å². The van der Waals surface area contributed by atoms with E-state index >= 15 is 24.0 Å². The summed E-state index contributed by atoms with van der Waals surface area (Å²) in [5, 5.41) is 48.4. The highest BCUT2D eigenvalue weighted by molar-refractivity contribution is 9.10. The number of nitrogens with one attached hydrogen (secondary N) is 14. The Labute approximate surface area is 712 Å². The van der Waals surface area contributed by atoms with Crippen LogP contribution in [-0.4, -0.2) is 257 Å². The van der Waals surface area contributed by atoms with E-state index in [1.54, 1.807) is 120 Å². The third-order valence-corrected chi connectivity index (χ3v) is 21.8. The van der Waals surface area contributed by atoms with Crippen LogP contribution in [0.15, 0.2) is 89.5 Å². The molecule has 122 heavy (non-hydrogen) atoms. The van der Waals surface area contributed by atoms with Crippen LogP contribution in [0.4, 0.5) is 0 Å². The molecule has 2 fully saturated rings. The van der Waals surface area contributed by atoms with Gasteiger partial charge in [-0.1, -0.05) is 111 Å². The Morgan fingerprint density at radius 1 is 0.730 bits per heavy atom. The fraction of sp³-hybridized carbons (Fsp3) is 0.519. The van der Waals surface area contributed by atoms with E-state index in [9.17, 15) is 75.6 Å². The molecule has 0 radical (unpaired) electrons. The molecular weight excluding hydrogens is 1680 g/mol. The molecule has 43 heteroatoms. The number of likely N-dealkylation sites (tertiary alicyclic amines) is 1. The first-order chi connectivity index (χ1) is 57.3. The molecule has 4 aromatic rings. The summed E-state index contributed by atoms with van der Waals surface area (Å²) in [6.45, 7) is 10.5. The van der Waals surface area contributed by atoms with Crippen molar-refractivity contribution in [1.29, 1.82) is 5.41 Å². The minimum Gasteiger partial charge on any atom is -0.459 e. The number of hydrogen-bond donors (Lipinski definition) is 19. The third-order valence-electron chi connectivity index (χ3n) is 20.5. The van der Waals surface area contributed by atoms with E-state index in [1.807, 2.05) is 0 Å². The number of ketones is 1. The summed E-state index contributed by atoms with van der Waals surface area (Å²) in [6.07, 6.45) is -5.51. The van der Waals surface area contributed by atoms with Crippen molar-refractivity contribution in [3.63, 3.8) is 0 Å². The second kappa shape index (κ2) is 45.6. The number of aromatic amines is 1. The van der Waals surface area contributed by atoms with Crippen molar-refractivity contribution in [2.24, 2.45) is 34.5 Å². The Morgan fingerprint density at radius 2 is 1.35 bits per heavy atom. The number of amides is 15. The number of aliphatic hydroxyl groups excluding tert-OH is 1. The Balaban J connectivity index is 1.35. The number of para-hydroxylation sites is 1. The van der Waals surface area contributed by atoms with Crippen molar-refractivity contribution in [3.8, 4) is 0 Å². The molecule has 41 nitrogen and oxygen atoms in total. The van der Waals surface area contributed by atoms with Gasteiger partial charge in [-0.3, -0.25) is 91.5 Å². The first-order valence-corrected chi connectivity index (χ1v) is 41.8. The lowest BCUT2D eigenvalue weighted by Gasteiger charge is -2.34. The highest BCUT2D eigenvalue weighted by Crippen LogP contribution is 2.32. The predicted molar refractivity (Wildman–Crippen MR) is 443 cm³/mol. The predicted octanol–water partition coefficient (Wildman–Crippen LogP) is -3.71. The maximum Gasteiger partial charge on any atom is 0.325 e. The van der Waals surface area contributed by atoms with Gasteiger partial charge in [0.25, 0.3) is 10.1 Å². The number of ether oxygens (including phenoxy) is 1. The standard InChI is InChI=1S/C79H110BrN19O22S/c1-40(2)63(95-74(114)58-22-16-30-99(58)76(116)55(93-66(106)41(3)88-39-100)32-45-23-25-47(80)26-24-45)59(102)34-49(79(6,7)8)67(107)90-53(33-46-36-86-50-20-14-13-19-48(46)50)70(110)89-51(21-15-29-85-78(83)84)69(109)94-56(38-122(118,119)120)72(112)97-65-43(5)121-62(105)37-87-68(108)54(35-61(82)104)92-75(115)64(42(4)101)96-71(111)52(31-44-17-11-10-12-18-44)91-73(113)57(27-28-60(81)103)98(9)77(65)117/h10-14,17-20,23-26,36,39-43,49,51-58,63-65,86,101H,15-16,21-22,27-35,37-38H2,1-9H3,(H2,81,103)(H2,82,104)(H,87,108)(H,88,100)(H,89,110)(H,90,107)(H,91,113)(H,92,115)(H,93,106)(H,94,109)(H,95,114)(H,96,111)(H,97,112)(H4,83,84,85)(H,118,119,120). The summed E-state index contributed by atoms with van der Waals surface area (Å²) >= 11 is 3.39. The van der Waals surface area contributed by atoms with Gasteiger partial charge < -0.3 is 106 Å². The summed E-state index contributed by atoms with van der Waals surface area (Å²) in [4.78, 5) is 245. The van der Waals surface area contributed by atoms with Crippen molar-refractivity contribution in [1.82, 2.24) is 78.6 Å². The highest BCUT2D eigenvalue weighted by atomic mass is 79.9.